The number of H-pyrrole nitrogens is 1. The average Bonchev–Trinajstić information content (AvgIpc) is 2.43. The van der Waals surface area contributed by atoms with E-state index in [0.29, 0.717) is 9.39 Å². The third-order valence-corrected chi connectivity index (χ3v) is 3.70. The molecule has 0 spiro atoms. The van der Waals surface area contributed by atoms with Gasteiger partial charge in [0.1, 0.15) is 18.2 Å². The summed E-state index contributed by atoms with van der Waals surface area (Å²) in [5.74, 6) is 1.33. The Morgan fingerprint density at radius 2 is 2.05 bits per heavy atom. The van der Waals surface area contributed by atoms with E-state index >= 15 is 0 Å². The van der Waals surface area contributed by atoms with Gasteiger partial charge in [0, 0.05) is 0 Å². The molecule has 5 heteroatoms. The average molecular weight is 370 g/mol. The molecule has 1 heterocycles. The van der Waals surface area contributed by atoms with Crippen LogP contribution < -0.4 is 10.3 Å². The highest BCUT2D eigenvalue weighted by molar-refractivity contribution is 14.1. The standard InChI is InChI=1S/C14H15IN2O2/c1-2-6-11-13(15)14(18)17-12(16-11)9-19-10-7-4-3-5-8-10/h3-5,7-8H,2,6,9H2,1H3,(H,16,17,18). The van der Waals surface area contributed by atoms with Gasteiger partial charge in [0.25, 0.3) is 5.56 Å². The van der Waals surface area contributed by atoms with Gasteiger partial charge >= 0.3 is 0 Å². The first-order valence-corrected chi connectivity index (χ1v) is 7.24. The number of para-hydroxylation sites is 1. The minimum atomic E-state index is -0.0919. The maximum Gasteiger partial charge on any atom is 0.264 e. The van der Waals surface area contributed by atoms with Gasteiger partial charge in [-0.3, -0.25) is 4.79 Å². The van der Waals surface area contributed by atoms with E-state index in [9.17, 15) is 4.79 Å². The molecule has 1 aromatic heterocycles. The fourth-order valence-corrected chi connectivity index (χ4v) is 2.22. The molecule has 1 N–H and O–H groups in total. The molecule has 0 radical (unpaired) electrons. The number of rotatable bonds is 5. The van der Waals surface area contributed by atoms with Crippen LogP contribution in [0.2, 0.25) is 0 Å². The molecule has 0 saturated heterocycles. The third kappa shape index (κ3) is 3.79. The Bertz CT molecular complexity index is 596. The van der Waals surface area contributed by atoms with E-state index in [0.717, 1.165) is 24.3 Å². The van der Waals surface area contributed by atoms with Gasteiger partial charge in [-0.15, -0.1) is 0 Å². The van der Waals surface area contributed by atoms with Crippen LogP contribution in [-0.4, -0.2) is 9.97 Å². The van der Waals surface area contributed by atoms with Crippen molar-refractivity contribution in [1.29, 1.82) is 0 Å². The Morgan fingerprint density at radius 3 is 2.74 bits per heavy atom. The number of hydrogen-bond donors (Lipinski definition) is 1. The summed E-state index contributed by atoms with van der Waals surface area (Å²) in [6.07, 6.45) is 1.77. The predicted molar refractivity (Wildman–Crippen MR) is 82.3 cm³/mol. The Morgan fingerprint density at radius 1 is 1.32 bits per heavy atom. The molecule has 19 heavy (non-hydrogen) atoms. The number of hydrogen-bond acceptors (Lipinski definition) is 3. The lowest BCUT2D eigenvalue weighted by Crippen LogP contribution is -2.19. The predicted octanol–water partition coefficient (Wildman–Crippen LogP) is 2.91. The highest BCUT2D eigenvalue weighted by atomic mass is 127. The lowest BCUT2D eigenvalue weighted by Gasteiger charge is -2.08. The van der Waals surface area contributed by atoms with Crippen LogP contribution in [-0.2, 0) is 13.0 Å². The zero-order valence-electron chi connectivity index (χ0n) is 10.6. The van der Waals surface area contributed by atoms with Crippen molar-refractivity contribution in [3.8, 4) is 5.75 Å². The summed E-state index contributed by atoms with van der Waals surface area (Å²) in [5, 5.41) is 0. The zero-order valence-corrected chi connectivity index (χ0v) is 12.8. The van der Waals surface area contributed by atoms with Crippen molar-refractivity contribution < 1.29 is 4.74 Å². The molecule has 100 valence electrons. The van der Waals surface area contributed by atoms with Crippen LogP contribution in [0.25, 0.3) is 0 Å². The van der Waals surface area contributed by atoms with Crippen LogP contribution in [0.5, 0.6) is 5.75 Å². The van der Waals surface area contributed by atoms with Crippen molar-refractivity contribution in [2.24, 2.45) is 0 Å². The quantitative estimate of drug-likeness (QED) is 0.824. The van der Waals surface area contributed by atoms with Crippen LogP contribution in [0.15, 0.2) is 35.1 Å². The summed E-state index contributed by atoms with van der Waals surface area (Å²) < 4.78 is 6.25. The fraction of sp³-hybridized carbons (Fsp3) is 0.286. The van der Waals surface area contributed by atoms with Crippen LogP contribution in [0.3, 0.4) is 0 Å². The van der Waals surface area contributed by atoms with E-state index in [1.165, 1.54) is 0 Å². The van der Waals surface area contributed by atoms with Crippen molar-refractivity contribution in [3.63, 3.8) is 0 Å². The molecule has 2 aromatic rings. The normalized spacial score (nSPS) is 10.4. The summed E-state index contributed by atoms with van der Waals surface area (Å²) in [6.45, 7) is 2.34. The molecule has 0 aliphatic heterocycles. The zero-order chi connectivity index (χ0) is 13.7. The van der Waals surface area contributed by atoms with E-state index in [2.05, 4.69) is 16.9 Å². The van der Waals surface area contributed by atoms with Gasteiger partial charge in [-0.1, -0.05) is 31.5 Å². The van der Waals surface area contributed by atoms with E-state index in [4.69, 9.17) is 4.74 Å². The Labute approximate surface area is 125 Å². The van der Waals surface area contributed by atoms with Gasteiger partial charge in [-0.25, -0.2) is 4.98 Å². The number of aromatic amines is 1. The number of benzene rings is 1. The number of aryl methyl sites for hydroxylation is 1. The van der Waals surface area contributed by atoms with E-state index in [1.54, 1.807) is 0 Å². The minimum Gasteiger partial charge on any atom is -0.486 e. The first kappa shape index (κ1) is 14.0. The maximum atomic E-state index is 11.8. The lowest BCUT2D eigenvalue weighted by molar-refractivity contribution is 0.295. The van der Waals surface area contributed by atoms with Crippen LogP contribution in [0, 0.1) is 3.57 Å². The van der Waals surface area contributed by atoms with Crippen molar-refractivity contribution in [1.82, 2.24) is 9.97 Å². The third-order valence-electron chi connectivity index (χ3n) is 2.59. The van der Waals surface area contributed by atoms with Crippen LogP contribution in [0.4, 0.5) is 0 Å². The number of aromatic nitrogens is 2. The smallest absolute Gasteiger partial charge is 0.264 e. The van der Waals surface area contributed by atoms with Gasteiger partial charge in [0.2, 0.25) is 0 Å². The van der Waals surface area contributed by atoms with Crippen molar-refractivity contribution >= 4 is 22.6 Å². The Hall–Kier alpha value is -1.37. The van der Waals surface area contributed by atoms with Crippen molar-refractivity contribution in [3.05, 3.63) is 55.8 Å². The fourth-order valence-electron chi connectivity index (χ4n) is 1.70. The topological polar surface area (TPSA) is 55.0 Å². The van der Waals surface area contributed by atoms with Gasteiger partial charge in [-0.2, -0.15) is 0 Å². The molecule has 4 nitrogen and oxygen atoms in total. The molecule has 2 rings (SSSR count). The molecule has 0 aliphatic carbocycles. The van der Waals surface area contributed by atoms with E-state index in [1.807, 2.05) is 52.9 Å². The first-order valence-electron chi connectivity index (χ1n) is 6.16. The number of halogens is 1. The summed E-state index contributed by atoms with van der Waals surface area (Å²) in [6, 6.07) is 9.48. The van der Waals surface area contributed by atoms with Gasteiger partial charge < -0.3 is 9.72 Å². The lowest BCUT2D eigenvalue weighted by atomic mass is 10.2. The monoisotopic (exact) mass is 370 g/mol. The van der Waals surface area contributed by atoms with Crippen LogP contribution in [0.1, 0.15) is 24.9 Å². The van der Waals surface area contributed by atoms with Gasteiger partial charge in [-0.05, 0) is 41.1 Å². The largest absolute Gasteiger partial charge is 0.486 e. The van der Waals surface area contributed by atoms with Crippen LogP contribution >= 0.6 is 22.6 Å². The maximum absolute atomic E-state index is 11.8. The molecule has 0 bridgehead atoms. The Kier molecular flexibility index (Phi) is 4.95. The van der Waals surface area contributed by atoms with E-state index < -0.39 is 0 Å². The molecule has 0 amide bonds. The summed E-state index contributed by atoms with van der Waals surface area (Å²) in [7, 11) is 0. The molecule has 0 fully saturated rings. The molecule has 1 aromatic carbocycles. The molecule has 0 aliphatic rings. The molecular formula is C14H15IN2O2. The second-order valence-corrected chi connectivity index (χ2v) is 5.20. The minimum absolute atomic E-state index is 0.0919. The molecule has 0 atom stereocenters. The summed E-state index contributed by atoms with van der Waals surface area (Å²) in [5.41, 5.74) is 0.754. The number of ether oxygens (including phenoxy) is 1. The SMILES string of the molecule is CCCc1nc(COc2ccccc2)[nH]c(=O)c1I. The number of nitrogens with zero attached hydrogens (tertiary/aromatic N) is 1. The molecule has 0 unspecified atom stereocenters. The Balaban J connectivity index is 2.14. The van der Waals surface area contributed by atoms with E-state index in [-0.39, 0.29) is 12.2 Å². The highest BCUT2D eigenvalue weighted by Gasteiger charge is 2.08. The van der Waals surface area contributed by atoms with Crippen molar-refractivity contribution in [2.75, 3.05) is 0 Å². The summed E-state index contributed by atoms with van der Waals surface area (Å²) in [4.78, 5) is 19.0. The second-order valence-electron chi connectivity index (χ2n) is 4.13. The van der Waals surface area contributed by atoms with Crippen molar-refractivity contribution in [2.45, 2.75) is 26.4 Å². The molecule has 0 saturated carbocycles. The first-order chi connectivity index (χ1) is 9.20. The second kappa shape index (κ2) is 6.70. The number of nitrogens with one attached hydrogen (secondary N) is 1. The van der Waals surface area contributed by atoms with Gasteiger partial charge in [0.15, 0.2) is 0 Å². The molecular weight excluding hydrogens is 355 g/mol. The van der Waals surface area contributed by atoms with Gasteiger partial charge in [0.05, 0.1) is 9.26 Å². The summed E-state index contributed by atoms with van der Waals surface area (Å²) >= 11 is 2.04. The highest BCUT2D eigenvalue weighted by Crippen LogP contribution is 2.11.